The van der Waals surface area contributed by atoms with Crippen LogP contribution in [0.15, 0.2) is 0 Å². The molecule has 0 aliphatic carbocycles. The third-order valence-electron chi connectivity index (χ3n) is 2.93. The maximum Gasteiger partial charge on any atom is 0.326 e. The van der Waals surface area contributed by atoms with Gasteiger partial charge >= 0.3 is 12.0 Å². The topological polar surface area (TPSA) is 69.6 Å². The Morgan fingerprint density at radius 3 is 2.22 bits per heavy atom. The summed E-state index contributed by atoms with van der Waals surface area (Å²) in [6.07, 6.45) is 1.43. The fourth-order valence-electron chi connectivity index (χ4n) is 1.63. The molecule has 2 atom stereocenters. The molecule has 2 amide bonds. The molecule has 0 aromatic rings. The van der Waals surface area contributed by atoms with Crippen LogP contribution in [0, 0.1) is 11.8 Å². The smallest absolute Gasteiger partial charge is 0.326 e. The first kappa shape index (κ1) is 16.7. The highest BCUT2D eigenvalue weighted by Gasteiger charge is 2.22. The Bertz CT molecular complexity index is 279. The quantitative estimate of drug-likeness (QED) is 0.735. The minimum absolute atomic E-state index is 0.228. The van der Waals surface area contributed by atoms with Crippen LogP contribution in [0.1, 0.15) is 40.5 Å². The van der Waals surface area contributed by atoms with Crippen molar-refractivity contribution in [2.75, 3.05) is 13.6 Å². The number of hydrogen-bond acceptors (Lipinski definition) is 2. The van der Waals surface area contributed by atoms with Crippen LogP contribution in [-0.4, -0.2) is 41.6 Å². The van der Waals surface area contributed by atoms with Gasteiger partial charge in [0, 0.05) is 13.6 Å². The highest BCUT2D eigenvalue weighted by Crippen LogP contribution is 2.07. The normalized spacial score (nSPS) is 14.1. The molecule has 0 bridgehead atoms. The second kappa shape index (κ2) is 7.95. The van der Waals surface area contributed by atoms with Gasteiger partial charge in [-0.1, -0.05) is 34.1 Å². The van der Waals surface area contributed by atoms with E-state index >= 15 is 0 Å². The molecular formula is C13H26N2O3. The summed E-state index contributed by atoms with van der Waals surface area (Å²) < 4.78 is 0. The van der Waals surface area contributed by atoms with Gasteiger partial charge in [0.25, 0.3) is 0 Å². The fourth-order valence-corrected chi connectivity index (χ4v) is 1.63. The van der Waals surface area contributed by atoms with Crippen molar-refractivity contribution >= 4 is 12.0 Å². The number of carboxylic acids is 1. The number of carboxylic acid groups (broad SMARTS) is 1. The van der Waals surface area contributed by atoms with E-state index in [0.29, 0.717) is 18.9 Å². The Morgan fingerprint density at radius 2 is 1.83 bits per heavy atom. The van der Waals surface area contributed by atoms with Gasteiger partial charge < -0.3 is 15.3 Å². The fraction of sp³-hybridized carbons (Fsp3) is 0.846. The first-order valence-electron chi connectivity index (χ1n) is 6.52. The Labute approximate surface area is 110 Å². The van der Waals surface area contributed by atoms with Gasteiger partial charge in [-0.3, -0.25) is 0 Å². The van der Waals surface area contributed by atoms with Gasteiger partial charge in [-0.2, -0.15) is 0 Å². The van der Waals surface area contributed by atoms with E-state index in [4.69, 9.17) is 5.11 Å². The number of hydrogen-bond donors (Lipinski definition) is 2. The molecule has 0 aromatic heterocycles. The second-order valence-corrected chi connectivity index (χ2v) is 5.36. The van der Waals surface area contributed by atoms with Gasteiger partial charge in [0.05, 0.1) is 0 Å². The molecule has 0 saturated heterocycles. The zero-order valence-electron chi connectivity index (χ0n) is 12.1. The van der Waals surface area contributed by atoms with Crippen LogP contribution in [0.5, 0.6) is 0 Å². The SMILES string of the molecule is CCC(C)CN(C)C(=O)NC(CC(C)C)C(=O)O. The molecule has 106 valence electrons. The summed E-state index contributed by atoms with van der Waals surface area (Å²) in [5, 5.41) is 11.6. The Morgan fingerprint density at radius 1 is 1.28 bits per heavy atom. The maximum absolute atomic E-state index is 11.8. The lowest BCUT2D eigenvalue weighted by Gasteiger charge is -2.24. The average Bonchev–Trinajstić information content (AvgIpc) is 2.26. The number of urea groups is 1. The zero-order valence-corrected chi connectivity index (χ0v) is 12.1. The predicted molar refractivity (Wildman–Crippen MR) is 71.5 cm³/mol. The molecule has 0 saturated carbocycles. The van der Waals surface area contributed by atoms with Crippen LogP contribution in [0.25, 0.3) is 0 Å². The molecule has 0 aromatic carbocycles. The van der Waals surface area contributed by atoms with Crippen molar-refractivity contribution in [1.29, 1.82) is 0 Å². The lowest BCUT2D eigenvalue weighted by Crippen LogP contribution is -2.48. The summed E-state index contributed by atoms with van der Waals surface area (Å²) in [5.74, 6) is -0.339. The molecule has 0 aliphatic rings. The molecule has 18 heavy (non-hydrogen) atoms. The summed E-state index contributed by atoms with van der Waals surface area (Å²) in [5.41, 5.74) is 0. The minimum atomic E-state index is -0.978. The van der Waals surface area contributed by atoms with Crippen molar-refractivity contribution in [3.05, 3.63) is 0 Å². The van der Waals surface area contributed by atoms with Crippen molar-refractivity contribution in [2.24, 2.45) is 11.8 Å². The number of rotatable bonds is 7. The Balaban J connectivity index is 4.36. The molecule has 2 unspecified atom stereocenters. The van der Waals surface area contributed by atoms with Gasteiger partial charge in [0.1, 0.15) is 6.04 Å². The van der Waals surface area contributed by atoms with Crippen molar-refractivity contribution in [2.45, 2.75) is 46.6 Å². The van der Waals surface area contributed by atoms with Crippen LogP contribution in [0.4, 0.5) is 4.79 Å². The Hall–Kier alpha value is -1.26. The summed E-state index contributed by atoms with van der Waals surface area (Å²) >= 11 is 0. The zero-order chi connectivity index (χ0) is 14.3. The van der Waals surface area contributed by atoms with E-state index in [1.807, 2.05) is 13.8 Å². The highest BCUT2D eigenvalue weighted by molar-refractivity contribution is 5.82. The molecular weight excluding hydrogens is 232 g/mol. The van der Waals surface area contributed by atoms with Crippen LogP contribution in [-0.2, 0) is 4.79 Å². The van der Waals surface area contributed by atoms with E-state index in [1.165, 1.54) is 0 Å². The maximum atomic E-state index is 11.8. The number of carbonyl (C=O) groups excluding carboxylic acids is 1. The molecule has 0 radical (unpaired) electrons. The van der Waals surface area contributed by atoms with Gasteiger partial charge in [-0.05, 0) is 18.3 Å². The van der Waals surface area contributed by atoms with E-state index in [9.17, 15) is 9.59 Å². The van der Waals surface area contributed by atoms with Crippen molar-refractivity contribution in [3.8, 4) is 0 Å². The molecule has 0 aliphatic heterocycles. The van der Waals surface area contributed by atoms with Crippen LogP contribution >= 0.6 is 0 Å². The standard InChI is InChI=1S/C13H26N2O3/c1-6-10(4)8-15(5)13(18)14-11(12(16)17)7-9(2)3/h9-11H,6-8H2,1-5H3,(H,14,18)(H,16,17). The molecule has 5 heteroatoms. The number of amides is 2. The molecule has 5 nitrogen and oxygen atoms in total. The summed E-state index contributed by atoms with van der Waals surface area (Å²) in [4.78, 5) is 24.4. The van der Waals surface area contributed by atoms with Crippen LogP contribution in [0.2, 0.25) is 0 Å². The van der Waals surface area contributed by atoms with Crippen LogP contribution in [0.3, 0.4) is 0 Å². The third-order valence-corrected chi connectivity index (χ3v) is 2.93. The first-order chi connectivity index (χ1) is 8.27. The summed E-state index contributed by atoms with van der Waals surface area (Å²) in [7, 11) is 1.69. The van der Waals surface area contributed by atoms with E-state index < -0.39 is 12.0 Å². The van der Waals surface area contributed by atoms with E-state index in [-0.39, 0.29) is 11.9 Å². The monoisotopic (exact) mass is 258 g/mol. The summed E-state index contributed by atoms with van der Waals surface area (Å²) in [6, 6.07) is -1.12. The van der Waals surface area contributed by atoms with Gasteiger partial charge in [-0.15, -0.1) is 0 Å². The largest absolute Gasteiger partial charge is 0.480 e. The average molecular weight is 258 g/mol. The van der Waals surface area contributed by atoms with Crippen molar-refractivity contribution in [1.82, 2.24) is 10.2 Å². The molecule has 2 N–H and O–H groups in total. The first-order valence-corrected chi connectivity index (χ1v) is 6.52. The number of nitrogens with one attached hydrogen (secondary N) is 1. The van der Waals surface area contributed by atoms with Gasteiger partial charge in [0.2, 0.25) is 0 Å². The van der Waals surface area contributed by atoms with Gasteiger partial charge in [0.15, 0.2) is 0 Å². The van der Waals surface area contributed by atoms with Crippen molar-refractivity contribution < 1.29 is 14.7 Å². The molecule has 0 spiro atoms. The van der Waals surface area contributed by atoms with E-state index in [2.05, 4.69) is 19.2 Å². The van der Waals surface area contributed by atoms with E-state index in [1.54, 1.807) is 11.9 Å². The lowest BCUT2D eigenvalue weighted by molar-refractivity contribution is -0.139. The third kappa shape index (κ3) is 6.47. The van der Waals surface area contributed by atoms with E-state index in [0.717, 1.165) is 6.42 Å². The molecule has 0 rings (SSSR count). The van der Waals surface area contributed by atoms with Crippen LogP contribution < -0.4 is 5.32 Å². The predicted octanol–water partition coefficient (Wildman–Crippen LogP) is 2.17. The number of nitrogens with zero attached hydrogens (tertiary/aromatic N) is 1. The molecule has 0 heterocycles. The Kier molecular flexibility index (Phi) is 7.39. The lowest BCUT2D eigenvalue weighted by atomic mass is 10.0. The summed E-state index contributed by atoms with van der Waals surface area (Å²) in [6.45, 7) is 8.63. The highest BCUT2D eigenvalue weighted by atomic mass is 16.4. The second-order valence-electron chi connectivity index (χ2n) is 5.36. The van der Waals surface area contributed by atoms with Crippen molar-refractivity contribution in [3.63, 3.8) is 0 Å². The number of aliphatic carboxylic acids is 1. The number of carbonyl (C=O) groups is 2. The molecule has 0 fully saturated rings. The van der Waals surface area contributed by atoms with Gasteiger partial charge in [-0.25, -0.2) is 9.59 Å². The minimum Gasteiger partial charge on any atom is -0.480 e.